The summed E-state index contributed by atoms with van der Waals surface area (Å²) in [6, 6.07) is 18.7. The number of hydrogen-bond donors (Lipinski definition) is 1. The summed E-state index contributed by atoms with van der Waals surface area (Å²) in [7, 11) is 1.82. The number of nitrogens with one attached hydrogen (secondary N) is 1. The molecule has 2 saturated carbocycles. The molecule has 2 aromatic carbocycles. The Balaban J connectivity index is 1.25. The number of methoxy groups -OCH3 is 1. The smallest absolute Gasteiger partial charge is 0.308 e. The largest absolute Gasteiger partial charge is 0.427 e. The summed E-state index contributed by atoms with van der Waals surface area (Å²) in [6.07, 6.45) is 10.2. The van der Waals surface area contributed by atoms with Crippen molar-refractivity contribution < 1.29 is 19.1 Å². The number of hydrogen-bond acceptors (Lipinski definition) is 5. The molecule has 1 aliphatic heterocycles. The lowest BCUT2D eigenvalue weighted by Crippen LogP contribution is -2.61. The number of ether oxygens (including phenoxy) is 2. The van der Waals surface area contributed by atoms with Gasteiger partial charge in [0, 0.05) is 50.9 Å². The van der Waals surface area contributed by atoms with Gasteiger partial charge in [-0.05, 0) is 87.1 Å². The van der Waals surface area contributed by atoms with Crippen molar-refractivity contribution in [2.24, 2.45) is 11.8 Å². The molecule has 1 heterocycles. The van der Waals surface area contributed by atoms with Crippen molar-refractivity contribution in [3.8, 4) is 5.75 Å². The molecule has 1 N–H and O–H groups in total. The Morgan fingerprint density at radius 1 is 1.05 bits per heavy atom. The molecule has 3 aliphatic rings. The maximum absolute atomic E-state index is 13.1. The fourth-order valence-corrected chi connectivity index (χ4v) is 7.23. The number of esters is 1. The van der Waals surface area contributed by atoms with Crippen molar-refractivity contribution in [3.05, 3.63) is 65.7 Å². The molecule has 0 spiro atoms. The summed E-state index contributed by atoms with van der Waals surface area (Å²) in [5.74, 6) is 1.60. The van der Waals surface area contributed by atoms with Crippen LogP contribution in [0.15, 0.2) is 54.6 Å². The minimum Gasteiger partial charge on any atom is -0.427 e. The monoisotopic (exact) mass is 546 g/mol. The topological polar surface area (TPSA) is 67.9 Å². The summed E-state index contributed by atoms with van der Waals surface area (Å²) < 4.78 is 11.7. The van der Waals surface area contributed by atoms with Crippen molar-refractivity contribution in [2.45, 2.75) is 88.7 Å². The van der Waals surface area contributed by atoms with Crippen LogP contribution in [0.1, 0.15) is 75.8 Å². The highest BCUT2D eigenvalue weighted by molar-refractivity contribution is 5.76. The van der Waals surface area contributed by atoms with Crippen LogP contribution in [-0.4, -0.2) is 55.7 Å². The van der Waals surface area contributed by atoms with Crippen molar-refractivity contribution in [2.75, 3.05) is 26.7 Å². The van der Waals surface area contributed by atoms with Crippen molar-refractivity contribution in [3.63, 3.8) is 0 Å². The van der Waals surface area contributed by atoms with E-state index in [9.17, 15) is 9.59 Å². The van der Waals surface area contributed by atoms with Gasteiger partial charge in [-0.25, -0.2) is 0 Å². The summed E-state index contributed by atoms with van der Waals surface area (Å²) in [5.41, 5.74) is 2.42. The highest BCUT2D eigenvalue weighted by Gasteiger charge is 2.53. The van der Waals surface area contributed by atoms with Crippen LogP contribution in [0.25, 0.3) is 0 Å². The fourth-order valence-electron chi connectivity index (χ4n) is 7.23. The molecule has 3 fully saturated rings. The number of rotatable bonds is 12. The molecular weight excluding hydrogens is 500 g/mol. The third kappa shape index (κ3) is 7.32. The average molecular weight is 547 g/mol. The van der Waals surface area contributed by atoms with E-state index in [1.807, 2.05) is 25.3 Å². The lowest BCUT2D eigenvalue weighted by Gasteiger charge is -2.55. The van der Waals surface area contributed by atoms with E-state index in [4.69, 9.17) is 9.47 Å². The lowest BCUT2D eigenvalue weighted by molar-refractivity contribution is -0.132. The maximum Gasteiger partial charge on any atom is 0.308 e. The average Bonchev–Trinajstić information content (AvgIpc) is 3.77. The first kappa shape index (κ1) is 28.8. The molecule has 6 nitrogen and oxygen atoms in total. The second-order valence-corrected chi connectivity index (χ2v) is 12.4. The van der Waals surface area contributed by atoms with E-state index in [0.717, 1.165) is 64.0 Å². The first-order valence-corrected chi connectivity index (χ1v) is 15.3. The van der Waals surface area contributed by atoms with Crippen molar-refractivity contribution >= 4 is 11.9 Å². The number of amides is 1. The van der Waals surface area contributed by atoms with Gasteiger partial charge in [0.1, 0.15) is 5.75 Å². The van der Waals surface area contributed by atoms with Crippen LogP contribution < -0.4 is 10.1 Å². The Kier molecular flexibility index (Phi) is 9.59. The molecule has 0 bridgehead atoms. The molecule has 2 aromatic rings. The van der Waals surface area contributed by atoms with Gasteiger partial charge in [0.15, 0.2) is 0 Å². The number of fused-ring (bicyclic) bond motifs is 1. The molecule has 1 unspecified atom stereocenters. The van der Waals surface area contributed by atoms with Gasteiger partial charge in [0.05, 0.1) is 6.10 Å². The first-order chi connectivity index (χ1) is 19.4. The number of benzene rings is 2. The third-order valence-corrected chi connectivity index (χ3v) is 9.38. The second-order valence-electron chi connectivity index (χ2n) is 12.4. The SMILES string of the molecule is COC1C[C@@H](NC(=O)CCCCCc2ccccc2)C[C@]2(c3cccc(OC(C)=O)c3)CCN(CC3CC3)C[C@@H]12. The molecule has 0 radical (unpaired) electrons. The Morgan fingerprint density at radius 3 is 2.62 bits per heavy atom. The molecule has 1 saturated heterocycles. The van der Waals surface area contributed by atoms with Crippen molar-refractivity contribution in [1.82, 2.24) is 10.2 Å². The molecule has 6 heteroatoms. The molecule has 40 heavy (non-hydrogen) atoms. The minimum absolute atomic E-state index is 0.0595. The Bertz CT molecular complexity index is 1130. The Morgan fingerprint density at radius 2 is 1.88 bits per heavy atom. The standard InChI is InChI=1S/C34H46N2O4/c1-25(37)40-30-14-9-13-28(20-30)34-18-19-36(23-27-16-17-27)24-31(34)32(39-2)21-29(22-34)35-33(38)15-8-4-7-12-26-10-5-3-6-11-26/h3,5-6,9-11,13-14,20,27,29,31-32H,4,7-8,12,15-19,21-24H2,1-2H3,(H,35,38)/t29-,31+,32?,34+/m1/s1. The number of unbranched alkanes of at least 4 members (excludes halogenated alkanes) is 2. The van der Waals surface area contributed by atoms with Crippen LogP contribution >= 0.6 is 0 Å². The van der Waals surface area contributed by atoms with Gasteiger partial charge in [-0.15, -0.1) is 0 Å². The summed E-state index contributed by atoms with van der Waals surface area (Å²) in [5, 5.41) is 3.40. The molecular formula is C34H46N2O4. The molecule has 5 rings (SSSR count). The van der Waals surface area contributed by atoms with Gasteiger partial charge >= 0.3 is 5.97 Å². The van der Waals surface area contributed by atoms with E-state index >= 15 is 0 Å². The summed E-state index contributed by atoms with van der Waals surface area (Å²) >= 11 is 0. The van der Waals surface area contributed by atoms with Crippen LogP contribution in [-0.2, 0) is 26.2 Å². The maximum atomic E-state index is 13.1. The van der Waals surface area contributed by atoms with E-state index in [2.05, 4.69) is 46.6 Å². The van der Waals surface area contributed by atoms with Gasteiger partial charge in [0.2, 0.25) is 5.91 Å². The summed E-state index contributed by atoms with van der Waals surface area (Å²) in [4.78, 5) is 27.4. The molecule has 0 aromatic heterocycles. The van der Waals surface area contributed by atoms with Crippen LogP contribution in [0.2, 0.25) is 0 Å². The highest BCUT2D eigenvalue weighted by atomic mass is 16.5. The van der Waals surface area contributed by atoms with Crippen LogP contribution in [0, 0.1) is 11.8 Å². The van der Waals surface area contributed by atoms with Crippen LogP contribution in [0.4, 0.5) is 0 Å². The predicted octanol–water partition coefficient (Wildman–Crippen LogP) is 5.68. The number of aryl methyl sites for hydroxylation is 1. The Hall–Kier alpha value is -2.70. The minimum atomic E-state index is -0.308. The molecule has 2 aliphatic carbocycles. The van der Waals surface area contributed by atoms with Crippen LogP contribution in [0.3, 0.4) is 0 Å². The van der Waals surface area contributed by atoms with Crippen LogP contribution in [0.5, 0.6) is 5.75 Å². The molecule has 1 amide bonds. The van der Waals surface area contributed by atoms with E-state index in [1.165, 1.54) is 37.4 Å². The molecule has 216 valence electrons. The quantitative estimate of drug-likeness (QED) is 0.211. The number of likely N-dealkylation sites (tertiary alicyclic amines) is 1. The first-order valence-electron chi connectivity index (χ1n) is 15.3. The highest BCUT2D eigenvalue weighted by Crippen LogP contribution is 2.51. The number of carbonyl (C=O) groups excluding carboxylic acids is 2. The molecule has 4 atom stereocenters. The zero-order valence-corrected chi connectivity index (χ0v) is 24.3. The van der Waals surface area contributed by atoms with E-state index in [-0.39, 0.29) is 29.4 Å². The van der Waals surface area contributed by atoms with Gasteiger partial charge < -0.3 is 19.7 Å². The fraction of sp³-hybridized carbons (Fsp3) is 0.588. The van der Waals surface area contributed by atoms with E-state index in [1.54, 1.807) is 0 Å². The zero-order valence-electron chi connectivity index (χ0n) is 24.3. The van der Waals surface area contributed by atoms with Gasteiger partial charge in [-0.1, -0.05) is 48.9 Å². The van der Waals surface area contributed by atoms with Gasteiger partial charge in [0.25, 0.3) is 0 Å². The van der Waals surface area contributed by atoms with Crippen molar-refractivity contribution in [1.29, 1.82) is 0 Å². The lowest BCUT2D eigenvalue weighted by atomic mass is 9.57. The predicted molar refractivity (Wildman–Crippen MR) is 157 cm³/mol. The number of carbonyl (C=O) groups is 2. The number of nitrogens with zero attached hydrogens (tertiary/aromatic N) is 1. The normalized spacial score (nSPS) is 26.6. The van der Waals surface area contributed by atoms with Gasteiger partial charge in [-0.2, -0.15) is 0 Å². The summed E-state index contributed by atoms with van der Waals surface area (Å²) in [6.45, 7) is 4.68. The second kappa shape index (κ2) is 13.3. The third-order valence-electron chi connectivity index (χ3n) is 9.38. The zero-order chi connectivity index (χ0) is 28.0. The Labute approximate surface area is 239 Å². The van der Waals surface area contributed by atoms with E-state index in [0.29, 0.717) is 18.1 Å². The van der Waals surface area contributed by atoms with Gasteiger partial charge in [-0.3, -0.25) is 9.59 Å². The number of piperidine rings is 1. The van der Waals surface area contributed by atoms with E-state index < -0.39 is 0 Å².